The van der Waals surface area contributed by atoms with Crippen molar-refractivity contribution in [3.63, 3.8) is 0 Å². The fraction of sp³-hybridized carbons (Fsp3) is 0.421. The minimum atomic E-state index is -0.180. The minimum absolute atomic E-state index is 0.00347. The van der Waals surface area contributed by atoms with E-state index in [0.717, 1.165) is 31.6 Å². The smallest absolute Gasteiger partial charge is 0.230 e. The summed E-state index contributed by atoms with van der Waals surface area (Å²) in [6, 6.07) is 9.19. The van der Waals surface area contributed by atoms with Crippen LogP contribution in [0.2, 0.25) is 0 Å². The molecule has 2 amide bonds. The van der Waals surface area contributed by atoms with E-state index in [1.165, 1.54) is 0 Å². The quantitative estimate of drug-likeness (QED) is 0.929. The van der Waals surface area contributed by atoms with E-state index in [1.807, 2.05) is 29.2 Å². The first kappa shape index (κ1) is 15.9. The summed E-state index contributed by atoms with van der Waals surface area (Å²) < 4.78 is 5.41. The molecule has 2 fully saturated rings. The summed E-state index contributed by atoms with van der Waals surface area (Å²) in [7, 11) is 0. The van der Waals surface area contributed by atoms with Gasteiger partial charge in [-0.25, -0.2) is 4.98 Å². The number of furan rings is 1. The Kier molecular flexibility index (Phi) is 4.26. The van der Waals surface area contributed by atoms with Crippen LogP contribution in [0.25, 0.3) is 0 Å². The first-order chi connectivity index (χ1) is 12.2. The van der Waals surface area contributed by atoms with Gasteiger partial charge >= 0.3 is 0 Å². The van der Waals surface area contributed by atoms with Crippen LogP contribution in [-0.4, -0.2) is 34.8 Å². The summed E-state index contributed by atoms with van der Waals surface area (Å²) in [5.41, 5.74) is 0. The van der Waals surface area contributed by atoms with E-state index >= 15 is 0 Å². The molecule has 2 aromatic rings. The van der Waals surface area contributed by atoms with Gasteiger partial charge in [0.15, 0.2) is 0 Å². The molecule has 0 aromatic carbocycles. The highest BCUT2D eigenvalue weighted by molar-refractivity contribution is 5.92. The molecular formula is C19H21N3O3. The third-order valence-corrected chi connectivity index (χ3v) is 5.04. The standard InChI is InChI=1S/C19H21N3O3/c23-18(21-17-7-1-2-8-20-17)13-5-3-9-22(12-13)19(24)15-11-14(15)16-6-4-10-25-16/h1-2,4,6-8,10,13-15H,3,5,9,11-12H2,(H,20,21,23)/t13-,14+,15-/m1/s1. The Labute approximate surface area is 146 Å². The fourth-order valence-corrected chi connectivity index (χ4v) is 3.58. The van der Waals surface area contributed by atoms with Gasteiger partial charge in [0.1, 0.15) is 11.6 Å². The van der Waals surface area contributed by atoms with Crippen LogP contribution in [0, 0.1) is 11.8 Å². The Morgan fingerprint density at radius 1 is 1.24 bits per heavy atom. The second-order valence-corrected chi connectivity index (χ2v) is 6.79. The highest BCUT2D eigenvalue weighted by atomic mass is 16.3. The molecule has 0 unspecified atom stereocenters. The van der Waals surface area contributed by atoms with Gasteiger partial charge in [-0.15, -0.1) is 0 Å². The Bertz CT molecular complexity index is 745. The van der Waals surface area contributed by atoms with Gasteiger partial charge in [0.25, 0.3) is 0 Å². The Balaban J connectivity index is 1.35. The Morgan fingerprint density at radius 3 is 2.92 bits per heavy atom. The Hall–Kier alpha value is -2.63. The highest BCUT2D eigenvalue weighted by Crippen LogP contribution is 2.48. The molecule has 6 heteroatoms. The molecule has 1 aliphatic carbocycles. The molecule has 6 nitrogen and oxygen atoms in total. The van der Waals surface area contributed by atoms with Gasteiger partial charge in [-0.1, -0.05) is 6.07 Å². The number of aromatic nitrogens is 1. The lowest BCUT2D eigenvalue weighted by Gasteiger charge is -2.32. The third-order valence-electron chi connectivity index (χ3n) is 5.04. The summed E-state index contributed by atoms with van der Waals surface area (Å²) in [5, 5.41) is 2.84. The van der Waals surface area contributed by atoms with E-state index in [1.54, 1.807) is 18.5 Å². The summed E-state index contributed by atoms with van der Waals surface area (Å²) in [6.07, 6.45) is 5.79. The molecule has 1 saturated carbocycles. The van der Waals surface area contributed by atoms with Crippen LogP contribution in [0.1, 0.15) is 30.9 Å². The second-order valence-electron chi connectivity index (χ2n) is 6.79. The average Bonchev–Trinajstić information content (AvgIpc) is 3.26. The predicted molar refractivity (Wildman–Crippen MR) is 91.7 cm³/mol. The van der Waals surface area contributed by atoms with Crippen molar-refractivity contribution in [3.05, 3.63) is 48.6 Å². The molecule has 4 rings (SSSR count). The number of hydrogen-bond acceptors (Lipinski definition) is 4. The van der Waals surface area contributed by atoms with Gasteiger partial charge in [0.05, 0.1) is 12.2 Å². The molecule has 2 aliphatic rings. The summed E-state index contributed by atoms with van der Waals surface area (Å²) in [5.74, 6) is 1.55. The topological polar surface area (TPSA) is 75.4 Å². The lowest BCUT2D eigenvalue weighted by atomic mass is 9.96. The molecule has 1 N–H and O–H groups in total. The molecule has 3 atom stereocenters. The van der Waals surface area contributed by atoms with E-state index in [9.17, 15) is 9.59 Å². The first-order valence-electron chi connectivity index (χ1n) is 8.76. The zero-order chi connectivity index (χ0) is 17.2. The summed E-state index contributed by atoms with van der Waals surface area (Å²) in [6.45, 7) is 1.21. The van der Waals surface area contributed by atoms with E-state index in [4.69, 9.17) is 4.42 Å². The SMILES string of the molecule is O=C(Nc1ccccn1)[C@@H]1CCCN(C(=O)[C@@H]2C[C@@H]2c2ccco2)C1. The maximum Gasteiger partial charge on any atom is 0.230 e. The third kappa shape index (κ3) is 3.43. The van der Waals surface area contributed by atoms with Crippen LogP contribution in [0.4, 0.5) is 5.82 Å². The molecule has 1 aliphatic heterocycles. The van der Waals surface area contributed by atoms with Gasteiger partial charge in [-0.2, -0.15) is 0 Å². The molecule has 0 radical (unpaired) electrons. The molecule has 1 saturated heterocycles. The lowest BCUT2D eigenvalue weighted by molar-refractivity contribution is -0.136. The lowest BCUT2D eigenvalue weighted by Crippen LogP contribution is -2.44. The van der Waals surface area contributed by atoms with Crippen LogP contribution in [-0.2, 0) is 9.59 Å². The van der Waals surface area contributed by atoms with Gasteiger partial charge in [-0.05, 0) is 43.5 Å². The van der Waals surface area contributed by atoms with E-state index in [0.29, 0.717) is 12.4 Å². The van der Waals surface area contributed by atoms with E-state index in [-0.39, 0.29) is 29.6 Å². The van der Waals surface area contributed by atoms with E-state index < -0.39 is 0 Å². The average molecular weight is 339 g/mol. The van der Waals surface area contributed by atoms with Crippen molar-refractivity contribution in [2.75, 3.05) is 18.4 Å². The largest absolute Gasteiger partial charge is 0.469 e. The number of piperidine rings is 1. The predicted octanol–water partition coefficient (Wildman–Crippen LogP) is 2.66. The molecule has 2 aromatic heterocycles. The second kappa shape index (κ2) is 6.70. The van der Waals surface area contributed by atoms with Crippen molar-refractivity contribution < 1.29 is 14.0 Å². The van der Waals surface area contributed by atoms with Crippen LogP contribution in [0.3, 0.4) is 0 Å². The van der Waals surface area contributed by atoms with Crippen LogP contribution >= 0.6 is 0 Å². The highest BCUT2D eigenvalue weighted by Gasteiger charge is 2.48. The monoisotopic (exact) mass is 339 g/mol. The van der Waals surface area contributed by atoms with Gasteiger partial charge in [0, 0.05) is 31.1 Å². The number of rotatable bonds is 4. The van der Waals surface area contributed by atoms with Crippen molar-refractivity contribution in [3.8, 4) is 0 Å². The maximum atomic E-state index is 12.7. The number of hydrogen-bond donors (Lipinski definition) is 1. The van der Waals surface area contributed by atoms with Crippen LogP contribution in [0.15, 0.2) is 47.2 Å². The number of carbonyl (C=O) groups excluding carboxylic acids is 2. The number of nitrogens with one attached hydrogen (secondary N) is 1. The number of nitrogens with zero attached hydrogens (tertiary/aromatic N) is 2. The number of carbonyl (C=O) groups is 2. The van der Waals surface area contributed by atoms with Gasteiger partial charge in [0.2, 0.25) is 11.8 Å². The normalized spacial score (nSPS) is 25.4. The van der Waals surface area contributed by atoms with Crippen molar-refractivity contribution in [1.82, 2.24) is 9.88 Å². The van der Waals surface area contributed by atoms with Crippen molar-refractivity contribution >= 4 is 17.6 Å². The molecule has 0 bridgehead atoms. The van der Waals surface area contributed by atoms with Crippen LogP contribution in [0.5, 0.6) is 0 Å². The van der Waals surface area contributed by atoms with Gasteiger partial charge < -0.3 is 14.6 Å². The maximum absolute atomic E-state index is 12.7. The van der Waals surface area contributed by atoms with E-state index in [2.05, 4.69) is 10.3 Å². The van der Waals surface area contributed by atoms with Crippen molar-refractivity contribution in [1.29, 1.82) is 0 Å². The molecule has 25 heavy (non-hydrogen) atoms. The number of anilines is 1. The minimum Gasteiger partial charge on any atom is -0.469 e. The molecule has 3 heterocycles. The number of amides is 2. The zero-order valence-electron chi connectivity index (χ0n) is 13.9. The van der Waals surface area contributed by atoms with Gasteiger partial charge in [-0.3, -0.25) is 9.59 Å². The Morgan fingerprint density at radius 2 is 2.16 bits per heavy atom. The number of pyridine rings is 1. The fourth-order valence-electron chi connectivity index (χ4n) is 3.58. The molecular weight excluding hydrogens is 318 g/mol. The molecule has 0 spiro atoms. The van der Waals surface area contributed by atoms with Crippen molar-refractivity contribution in [2.24, 2.45) is 11.8 Å². The molecule has 130 valence electrons. The first-order valence-corrected chi connectivity index (χ1v) is 8.76. The van der Waals surface area contributed by atoms with Crippen molar-refractivity contribution in [2.45, 2.75) is 25.2 Å². The van der Waals surface area contributed by atoms with Crippen LogP contribution < -0.4 is 5.32 Å². The summed E-state index contributed by atoms with van der Waals surface area (Å²) in [4.78, 5) is 31.2. The number of likely N-dealkylation sites (tertiary alicyclic amines) is 1. The summed E-state index contributed by atoms with van der Waals surface area (Å²) >= 11 is 0. The zero-order valence-corrected chi connectivity index (χ0v) is 13.9.